The fourth-order valence-electron chi connectivity index (χ4n) is 2.41. The molecule has 2 N–H and O–H groups in total. The number of nitrogens with one attached hydrogen (secondary N) is 2. The Balaban J connectivity index is 2.53. The average Bonchev–Trinajstić information content (AvgIpc) is 2.55. The smallest absolute Gasteiger partial charge is 0.338 e. The van der Waals surface area contributed by atoms with E-state index in [2.05, 4.69) is 10.6 Å². The van der Waals surface area contributed by atoms with E-state index in [1.807, 2.05) is 19.1 Å². The van der Waals surface area contributed by atoms with E-state index in [1.165, 1.54) is 0 Å². The van der Waals surface area contributed by atoms with Crippen LogP contribution in [0.3, 0.4) is 0 Å². The summed E-state index contributed by atoms with van der Waals surface area (Å²) in [6.07, 6.45) is 0. The van der Waals surface area contributed by atoms with Crippen LogP contribution in [0.25, 0.3) is 0 Å². The highest BCUT2D eigenvalue weighted by atomic mass is 35.5. The Morgan fingerprint density at radius 3 is 2.65 bits per heavy atom. The lowest BCUT2D eigenvalue weighted by atomic mass is 9.95. The molecule has 124 valence electrons. The van der Waals surface area contributed by atoms with Crippen molar-refractivity contribution in [3.8, 4) is 5.75 Å². The van der Waals surface area contributed by atoms with Gasteiger partial charge in [-0.15, -0.1) is 11.6 Å². The van der Waals surface area contributed by atoms with E-state index in [0.717, 1.165) is 0 Å². The molecule has 0 saturated carbocycles. The molecule has 1 aliphatic heterocycles. The van der Waals surface area contributed by atoms with Crippen LogP contribution in [-0.2, 0) is 9.53 Å². The molecule has 0 radical (unpaired) electrons. The first kappa shape index (κ1) is 17.1. The summed E-state index contributed by atoms with van der Waals surface area (Å²) in [5.74, 6) is 0.0689. The lowest BCUT2D eigenvalue weighted by Gasteiger charge is -2.29. The summed E-state index contributed by atoms with van der Waals surface area (Å²) in [6.45, 7) is 4.28. The number of benzene rings is 1. The number of alkyl halides is 1. The fraction of sp³-hybridized carbons (Fsp3) is 0.375. The van der Waals surface area contributed by atoms with E-state index in [-0.39, 0.29) is 18.1 Å². The third-order valence-corrected chi connectivity index (χ3v) is 3.58. The predicted molar refractivity (Wildman–Crippen MR) is 86.4 cm³/mol. The lowest BCUT2D eigenvalue weighted by Crippen LogP contribution is -2.46. The summed E-state index contributed by atoms with van der Waals surface area (Å²) in [7, 11) is 0. The zero-order valence-electron chi connectivity index (χ0n) is 13.0. The van der Waals surface area contributed by atoms with Crippen molar-refractivity contribution in [1.29, 1.82) is 0 Å². The van der Waals surface area contributed by atoms with Crippen molar-refractivity contribution in [2.75, 3.05) is 19.1 Å². The van der Waals surface area contributed by atoms with E-state index in [0.29, 0.717) is 23.6 Å². The highest BCUT2D eigenvalue weighted by Gasteiger charge is 2.34. The minimum Gasteiger partial charge on any atom is -0.494 e. The maximum absolute atomic E-state index is 12.4. The van der Waals surface area contributed by atoms with E-state index in [4.69, 9.17) is 21.1 Å². The quantitative estimate of drug-likeness (QED) is 0.617. The van der Waals surface area contributed by atoms with Gasteiger partial charge in [-0.2, -0.15) is 0 Å². The molecule has 2 amide bonds. The topological polar surface area (TPSA) is 76.7 Å². The van der Waals surface area contributed by atoms with Crippen LogP contribution in [0.15, 0.2) is 35.5 Å². The van der Waals surface area contributed by atoms with Crippen LogP contribution in [0.5, 0.6) is 5.75 Å². The third-order valence-electron chi connectivity index (χ3n) is 3.31. The summed E-state index contributed by atoms with van der Waals surface area (Å²) in [4.78, 5) is 24.3. The molecule has 0 saturated heterocycles. The Morgan fingerprint density at radius 2 is 2.00 bits per heavy atom. The number of para-hydroxylation sites is 1. The molecule has 0 unspecified atom stereocenters. The van der Waals surface area contributed by atoms with Gasteiger partial charge < -0.3 is 20.1 Å². The second kappa shape index (κ2) is 7.87. The van der Waals surface area contributed by atoms with Crippen LogP contribution in [0.4, 0.5) is 4.79 Å². The van der Waals surface area contributed by atoms with Crippen molar-refractivity contribution in [2.45, 2.75) is 19.9 Å². The molecule has 6 nitrogen and oxygen atoms in total. The Kier molecular flexibility index (Phi) is 5.87. The molecule has 1 aromatic rings. The molecule has 0 aromatic heterocycles. The molecule has 0 bridgehead atoms. The highest BCUT2D eigenvalue weighted by molar-refractivity contribution is 6.20. The van der Waals surface area contributed by atoms with Gasteiger partial charge in [0.15, 0.2) is 0 Å². The van der Waals surface area contributed by atoms with Gasteiger partial charge in [-0.1, -0.05) is 18.2 Å². The van der Waals surface area contributed by atoms with Crippen LogP contribution in [0, 0.1) is 0 Å². The Labute approximate surface area is 139 Å². The predicted octanol–water partition coefficient (Wildman–Crippen LogP) is 2.50. The lowest BCUT2D eigenvalue weighted by molar-refractivity contribution is -0.139. The first-order chi connectivity index (χ1) is 11.1. The molecule has 0 fully saturated rings. The number of urea groups is 1. The number of allylic oxidation sites excluding steroid dienone is 1. The maximum atomic E-state index is 12.4. The second-order valence-electron chi connectivity index (χ2n) is 4.75. The highest BCUT2D eigenvalue weighted by Crippen LogP contribution is 2.33. The maximum Gasteiger partial charge on any atom is 0.338 e. The van der Waals surface area contributed by atoms with Crippen LogP contribution in [0.1, 0.15) is 25.5 Å². The molecule has 0 aliphatic carbocycles. The van der Waals surface area contributed by atoms with Crippen molar-refractivity contribution in [1.82, 2.24) is 10.6 Å². The molecule has 1 aliphatic rings. The van der Waals surface area contributed by atoms with Crippen molar-refractivity contribution < 1.29 is 19.1 Å². The summed E-state index contributed by atoms with van der Waals surface area (Å²) < 4.78 is 10.7. The number of ether oxygens (including phenoxy) is 2. The van der Waals surface area contributed by atoms with Crippen LogP contribution >= 0.6 is 11.6 Å². The number of carbonyl (C=O) groups excluding carboxylic acids is 2. The SMILES string of the molecule is CCOC(=O)C1=C(CCl)NC(=O)N[C@@H]1c1ccccc1OCC. The van der Waals surface area contributed by atoms with Gasteiger partial charge >= 0.3 is 12.0 Å². The number of rotatable bonds is 6. The Bertz CT molecular complexity index is 630. The summed E-state index contributed by atoms with van der Waals surface area (Å²) in [6, 6.07) is 6.12. The first-order valence-electron chi connectivity index (χ1n) is 7.37. The van der Waals surface area contributed by atoms with Crippen molar-refractivity contribution in [3.63, 3.8) is 0 Å². The van der Waals surface area contributed by atoms with Gasteiger partial charge in [-0.3, -0.25) is 0 Å². The van der Waals surface area contributed by atoms with Crippen molar-refractivity contribution in [2.24, 2.45) is 0 Å². The molecule has 2 rings (SSSR count). The van der Waals surface area contributed by atoms with Gasteiger partial charge in [0.2, 0.25) is 0 Å². The average molecular weight is 339 g/mol. The second-order valence-corrected chi connectivity index (χ2v) is 5.02. The zero-order valence-corrected chi connectivity index (χ0v) is 13.8. The standard InChI is InChI=1S/C16H19ClN2O4/c1-3-22-12-8-6-5-7-10(12)14-13(15(20)23-4-2)11(9-17)18-16(21)19-14/h5-8,14H,3-4,9H2,1-2H3,(H2,18,19,21)/t14-/m1/s1. The molecule has 1 aromatic carbocycles. The molecule has 1 heterocycles. The van der Waals surface area contributed by atoms with Crippen molar-refractivity contribution >= 4 is 23.6 Å². The van der Waals surface area contributed by atoms with E-state index < -0.39 is 18.0 Å². The number of hydrogen-bond donors (Lipinski definition) is 2. The minimum atomic E-state index is -0.681. The molecule has 0 spiro atoms. The van der Waals surface area contributed by atoms with Crippen LogP contribution < -0.4 is 15.4 Å². The Morgan fingerprint density at radius 1 is 1.26 bits per heavy atom. The molecular formula is C16H19ClN2O4. The monoisotopic (exact) mass is 338 g/mol. The van der Waals surface area contributed by atoms with Gasteiger partial charge in [0, 0.05) is 11.3 Å². The number of halogens is 1. The van der Waals surface area contributed by atoms with Gasteiger partial charge in [-0.25, -0.2) is 9.59 Å². The number of amides is 2. The summed E-state index contributed by atoms with van der Waals surface area (Å²) >= 11 is 5.90. The fourth-order valence-corrected chi connectivity index (χ4v) is 2.62. The summed E-state index contributed by atoms with van der Waals surface area (Å²) in [5.41, 5.74) is 1.30. The first-order valence-corrected chi connectivity index (χ1v) is 7.91. The van der Waals surface area contributed by atoms with E-state index in [1.54, 1.807) is 19.1 Å². The Hall–Kier alpha value is -2.21. The summed E-state index contributed by atoms with van der Waals surface area (Å²) in [5, 5.41) is 5.30. The van der Waals surface area contributed by atoms with Gasteiger partial charge in [0.05, 0.1) is 30.7 Å². The van der Waals surface area contributed by atoms with E-state index >= 15 is 0 Å². The van der Waals surface area contributed by atoms with Gasteiger partial charge in [0.1, 0.15) is 5.75 Å². The molecular weight excluding hydrogens is 320 g/mol. The van der Waals surface area contributed by atoms with Crippen LogP contribution in [-0.4, -0.2) is 31.1 Å². The van der Waals surface area contributed by atoms with Gasteiger partial charge in [0.25, 0.3) is 0 Å². The number of carbonyl (C=O) groups is 2. The normalized spacial score (nSPS) is 17.3. The van der Waals surface area contributed by atoms with E-state index in [9.17, 15) is 9.59 Å². The van der Waals surface area contributed by atoms with Crippen LogP contribution in [0.2, 0.25) is 0 Å². The van der Waals surface area contributed by atoms with Gasteiger partial charge in [-0.05, 0) is 19.9 Å². The third kappa shape index (κ3) is 3.76. The molecule has 23 heavy (non-hydrogen) atoms. The zero-order chi connectivity index (χ0) is 16.8. The molecule has 7 heteroatoms. The largest absolute Gasteiger partial charge is 0.494 e. The molecule has 1 atom stereocenters. The van der Waals surface area contributed by atoms with Crippen molar-refractivity contribution in [3.05, 3.63) is 41.1 Å². The minimum absolute atomic E-state index is 0.00509. The number of hydrogen-bond acceptors (Lipinski definition) is 4. The number of esters is 1.